The average Bonchev–Trinajstić information content (AvgIpc) is 3.03. The fourth-order valence-corrected chi connectivity index (χ4v) is 3.05. The molecular weight excluding hydrogens is 346 g/mol. The topological polar surface area (TPSA) is 49.7 Å². The maximum atomic E-state index is 10.9. The number of aliphatic imine (C=N–C) groups is 1. The van der Waals surface area contributed by atoms with Crippen LogP contribution < -0.4 is 0 Å². The van der Waals surface area contributed by atoms with Gasteiger partial charge in [-0.1, -0.05) is 35.7 Å². The summed E-state index contributed by atoms with van der Waals surface area (Å²) < 4.78 is 0. The normalized spacial score (nSPS) is 16.9. The summed E-state index contributed by atoms with van der Waals surface area (Å²) in [5, 5.41) is 9.72. The summed E-state index contributed by atoms with van der Waals surface area (Å²) >= 11 is 5.90. The first-order valence-electron chi connectivity index (χ1n) is 8.98. The Balaban J connectivity index is 3.12. The van der Waals surface area contributed by atoms with Gasteiger partial charge in [0, 0.05) is 23.4 Å². The van der Waals surface area contributed by atoms with Crippen LogP contribution >= 0.6 is 11.6 Å². The Hall–Kier alpha value is -2.05. The number of aliphatic carboxylic acids is 1. The van der Waals surface area contributed by atoms with Gasteiger partial charge in [0.25, 0.3) is 0 Å². The predicted octanol–water partition coefficient (Wildman–Crippen LogP) is 6.18. The number of carboxylic acid groups (broad SMARTS) is 1. The van der Waals surface area contributed by atoms with Crippen molar-refractivity contribution in [2.45, 2.75) is 65.7 Å². The Morgan fingerprint density at radius 3 is 2.65 bits per heavy atom. The van der Waals surface area contributed by atoms with Gasteiger partial charge < -0.3 is 5.11 Å². The van der Waals surface area contributed by atoms with E-state index in [4.69, 9.17) is 23.1 Å². The lowest BCUT2D eigenvalue weighted by Gasteiger charge is -2.10. The molecule has 0 unspecified atom stereocenters. The molecule has 3 nitrogen and oxygen atoms in total. The molecule has 140 valence electrons. The van der Waals surface area contributed by atoms with Gasteiger partial charge in [-0.05, 0) is 63.2 Å². The van der Waals surface area contributed by atoms with Crippen molar-refractivity contribution in [1.29, 1.82) is 0 Å². The van der Waals surface area contributed by atoms with Gasteiger partial charge in [-0.15, -0.1) is 12.3 Å². The van der Waals surface area contributed by atoms with E-state index in [9.17, 15) is 4.79 Å². The van der Waals surface area contributed by atoms with Crippen LogP contribution in [-0.4, -0.2) is 16.8 Å². The number of nitrogens with zero attached hydrogens (tertiary/aromatic N) is 1. The summed E-state index contributed by atoms with van der Waals surface area (Å²) in [5.74, 6) is 1.85. The van der Waals surface area contributed by atoms with Gasteiger partial charge in [0.05, 0.1) is 6.42 Å². The molecule has 0 aromatic heterocycles. The lowest BCUT2D eigenvalue weighted by molar-refractivity contribution is -0.135. The Labute approximate surface area is 162 Å². The largest absolute Gasteiger partial charge is 0.481 e. The SMILES string of the molecule is C#CC/C(=C\N=C(CC)CC(=O)O)C1=C(C/C(C)=C\C=C(/C)Cl)CCC1. The van der Waals surface area contributed by atoms with E-state index in [1.807, 2.05) is 19.9 Å². The van der Waals surface area contributed by atoms with Crippen LogP contribution in [-0.2, 0) is 4.79 Å². The molecule has 0 radical (unpaired) electrons. The van der Waals surface area contributed by atoms with Gasteiger partial charge >= 0.3 is 5.97 Å². The first-order chi connectivity index (χ1) is 12.4. The van der Waals surface area contributed by atoms with Crippen molar-refractivity contribution in [2.75, 3.05) is 0 Å². The average molecular weight is 374 g/mol. The molecule has 0 saturated heterocycles. The van der Waals surface area contributed by atoms with Gasteiger partial charge in [0.2, 0.25) is 0 Å². The molecule has 0 aromatic rings. The minimum atomic E-state index is -0.860. The number of terminal acetylenes is 1. The number of allylic oxidation sites excluding steroid dienone is 7. The molecule has 1 rings (SSSR count). The highest BCUT2D eigenvalue weighted by Crippen LogP contribution is 2.36. The molecule has 0 amide bonds. The number of hydrogen-bond acceptors (Lipinski definition) is 2. The Morgan fingerprint density at radius 2 is 2.08 bits per heavy atom. The second-order valence-electron chi connectivity index (χ2n) is 6.53. The van der Waals surface area contributed by atoms with E-state index < -0.39 is 5.97 Å². The van der Waals surface area contributed by atoms with Crippen molar-refractivity contribution in [3.63, 3.8) is 0 Å². The molecule has 1 aliphatic rings. The van der Waals surface area contributed by atoms with Crippen molar-refractivity contribution in [2.24, 2.45) is 4.99 Å². The minimum absolute atomic E-state index is 0.0335. The van der Waals surface area contributed by atoms with Crippen LogP contribution in [0.2, 0.25) is 0 Å². The molecule has 0 saturated carbocycles. The van der Waals surface area contributed by atoms with Crippen molar-refractivity contribution >= 4 is 23.3 Å². The molecule has 0 spiro atoms. The lowest BCUT2D eigenvalue weighted by Crippen LogP contribution is -2.05. The van der Waals surface area contributed by atoms with Crippen molar-refractivity contribution in [3.8, 4) is 12.3 Å². The van der Waals surface area contributed by atoms with Crippen molar-refractivity contribution in [3.05, 3.63) is 45.7 Å². The first-order valence-corrected chi connectivity index (χ1v) is 9.35. The third-order valence-electron chi connectivity index (χ3n) is 4.27. The summed E-state index contributed by atoms with van der Waals surface area (Å²) in [7, 11) is 0. The summed E-state index contributed by atoms with van der Waals surface area (Å²) in [6.07, 6.45) is 16.5. The predicted molar refractivity (Wildman–Crippen MR) is 110 cm³/mol. The summed E-state index contributed by atoms with van der Waals surface area (Å²) in [4.78, 5) is 15.3. The quantitative estimate of drug-likeness (QED) is 0.298. The Morgan fingerprint density at radius 1 is 1.35 bits per heavy atom. The Kier molecular flexibility index (Phi) is 9.76. The standard InChI is InChI=1S/C22H28ClNO2/c1-5-8-19(15-24-20(6-2)14-22(25)26)21-10-7-9-18(21)13-16(3)11-12-17(4)23/h1,11-12,15H,6-10,13-14H2,2-4H3,(H,25,26)/b16-11-,17-12+,19-15+,24-20?. The molecule has 0 heterocycles. The summed E-state index contributed by atoms with van der Waals surface area (Å²) in [6, 6.07) is 0. The second-order valence-corrected chi connectivity index (χ2v) is 7.13. The maximum absolute atomic E-state index is 10.9. The third kappa shape index (κ3) is 7.89. The number of hydrogen-bond donors (Lipinski definition) is 1. The zero-order valence-electron chi connectivity index (χ0n) is 15.9. The molecule has 26 heavy (non-hydrogen) atoms. The molecule has 4 heteroatoms. The van der Waals surface area contributed by atoms with Crippen LogP contribution in [0.5, 0.6) is 0 Å². The highest BCUT2D eigenvalue weighted by molar-refractivity contribution is 6.29. The van der Waals surface area contributed by atoms with Crippen LogP contribution in [0.25, 0.3) is 0 Å². The van der Waals surface area contributed by atoms with Gasteiger partial charge in [0.1, 0.15) is 0 Å². The summed E-state index contributed by atoms with van der Waals surface area (Å²) in [5.41, 5.74) is 5.63. The highest BCUT2D eigenvalue weighted by atomic mass is 35.5. The van der Waals surface area contributed by atoms with Crippen LogP contribution in [0.15, 0.2) is 50.7 Å². The Bertz CT molecular complexity index is 711. The van der Waals surface area contributed by atoms with E-state index >= 15 is 0 Å². The highest BCUT2D eigenvalue weighted by Gasteiger charge is 2.18. The number of halogens is 1. The van der Waals surface area contributed by atoms with Crippen LogP contribution in [0.3, 0.4) is 0 Å². The molecule has 0 aliphatic heterocycles. The monoisotopic (exact) mass is 373 g/mol. The molecule has 0 aromatic carbocycles. The number of carboxylic acids is 1. The molecule has 0 atom stereocenters. The van der Waals surface area contributed by atoms with Crippen LogP contribution in [0, 0.1) is 12.3 Å². The molecule has 1 N–H and O–H groups in total. The molecule has 0 fully saturated rings. The lowest BCUT2D eigenvalue weighted by atomic mass is 9.96. The van der Waals surface area contributed by atoms with E-state index in [1.165, 1.54) is 16.7 Å². The van der Waals surface area contributed by atoms with Gasteiger partial charge in [-0.3, -0.25) is 9.79 Å². The summed E-state index contributed by atoms with van der Waals surface area (Å²) in [6.45, 7) is 5.88. The van der Waals surface area contributed by atoms with E-state index in [-0.39, 0.29) is 6.42 Å². The van der Waals surface area contributed by atoms with Crippen molar-refractivity contribution in [1.82, 2.24) is 0 Å². The zero-order valence-corrected chi connectivity index (χ0v) is 16.7. The molecular formula is C22H28ClNO2. The van der Waals surface area contributed by atoms with Crippen LogP contribution in [0.1, 0.15) is 65.7 Å². The first kappa shape index (κ1) is 22.0. The number of carbonyl (C=O) groups is 1. The van der Waals surface area contributed by atoms with Gasteiger partial charge in [-0.25, -0.2) is 0 Å². The van der Waals surface area contributed by atoms with Gasteiger partial charge in [-0.2, -0.15) is 0 Å². The van der Waals surface area contributed by atoms with E-state index in [0.717, 1.165) is 36.3 Å². The van der Waals surface area contributed by atoms with Crippen LogP contribution in [0.4, 0.5) is 0 Å². The minimum Gasteiger partial charge on any atom is -0.481 e. The molecule has 1 aliphatic carbocycles. The second kappa shape index (κ2) is 11.5. The van der Waals surface area contributed by atoms with Gasteiger partial charge in [0.15, 0.2) is 0 Å². The molecule has 0 bridgehead atoms. The van der Waals surface area contributed by atoms with E-state index in [0.29, 0.717) is 18.6 Å². The fraction of sp³-hybridized carbons (Fsp3) is 0.455. The fourth-order valence-electron chi connectivity index (χ4n) is 2.99. The smallest absolute Gasteiger partial charge is 0.309 e. The third-order valence-corrected chi connectivity index (χ3v) is 4.39. The zero-order chi connectivity index (χ0) is 19.5. The van der Waals surface area contributed by atoms with E-state index in [1.54, 1.807) is 6.20 Å². The maximum Gasteiger partial charge on any atom is 0.309 e. The van der Waals surface area contributed by atoms with Crippen molar-refractivity contribution < 1.29 is 9.90 Å². The van der Waals surface area contributed by atoms with E-state index in [2.05, 4.69) is 23.9 Å². The number of rotatable bonds is 9.